The van der Waals surface area contributed by atoms with Crippen LogP contribution < -0.4 is 0 Å². The fourth-order valence-corrected chi connectivity index (χ4v) is 4.69. The van der Waals surface area contributed by atoms with Crippen LogP contribution in [0.1, 0.15) is 5.56 Å². The summed E-state index contributed by atoms with van der Waals surface area (Å²) in [7, 11) is 0. The Bertz CT molecular complexity index is 319. The maximum atomic E-state index is 2.44. The van der Waals surface area contributed by atoms with Crippen molar-refractivity contribution in [3.05, 3.63) is 38.8 Å². The van der Waals surface area contributed by atoms with Crippen LogP contribution in [0.25, 0.3) is 4.91 Å². The molecule has 0 amide bonds. The molecule has 0 saturated heterocycles. The number of hydrogen-bond acceptors (Lipinski definition) is 2. The average molecular weight is 320 g/mol. The molecule has 0 spiro atoms. The molecule has 3 heteroatoms. The van der Waals surface area contributed by atoms with Gasteiger partial charge >= 0.3 is 0 Å². The van der Waals surface area contributed by atoms with Crippen molar-refractivity contribution >= 4 is 51.0 Å². The van der Waals surface area contributed by atoms with Gasteiger partial charge in [0.15, 0.2) is 0 Å². The van der Waals surface area contributed by atoms with Crippen molar-refractivity contribution in [2.45, 2.75) is 0 Å². The summed E-state index contributed by atoms with van der Waals surface area (Å²) in [6.45, 7) is 0. The van der Waals surface area contributed by atoms with Gasteiger partial charge in [-0.15, -0.1) is 23.5 Å². The Labute approximate surface area is 101 Å². The zero-order valence-corrected chi connectivity index (χ0v) is 10.8. The maximum absolute atomic E-state index is 2.44. The molecule has 1 aliphatic rings. The van der Waals surface area contributed by atoms with Crippen molar-refractivity contribution in [1.82, 2.24) is 0 Å². The lowest BCUT2D eigenvalue weighted by Crippen LogP contribution is -1.93. The molecular weight excluding hydrogens is 311 g/mol. The molecule has 0 aliphatic carbocycles. The van der Waals surface area contributed by atoms with Crippen LogP contribution in [0, 0.1) is 0 Å². The minimum Gasteiger partial charge on any atom is -0.123 e. The summed E-state index contributed by atoms with van der Waals surface area (Å²) in [4.78, 5) is 1.46. The fraction of sp³-hybridized carbons (Fsp3) is 0.200. The lowest BCUT2D eigenvalue weighted by atomic mass is 10.2. The topological polar surface area (TPSA) is 0 Å². The van der Waals surface area contributed by atoms with Gasteiger partial charge in [-0.2, -0.15) is 0 Å². The quantitative estimate of drug-likeness (QED) is 0.710. The Hall–Kier alpha value is 0.390. The molecule has 0 unspecified atom stereocenters. The summed E-state index contributed by atoms with van der Waals surface area (Å²) in [5.74, 6) is 2.49. The molecule has 68 valence electrons. The molecule has 0 radical (unpaired) electrons. The zero-order chi connectivity index (χ0) is 9.10. The SMILES string of the molecule is IC1=C(c2ccccc2)SCCS1. The van der Waals surface area contributed by atoms with Crippen LogP contribution in [-0.2, 0) is 0 Å². The summed E-state index contributed by atoms with van der Waals surface area (Å²) in [6.07, 6.45) is 0. The Morgan fingerprint density at radius 1 is 1.00 bits per heavy atom. The third kappa shape index (κ3) is 2.44. The van der Waals surface area contributed by atoms with Gasteiger partial charge in [-0.1, -0.05) is 30.3 Å². The highest BCUT2D eigenvalue weighted by Gasteiger charge is 2.12. The molecule has 0 fully saturated rings. The Balaban J connectivity index is 2.35. The normalized spacial score (nSPS) is 17.6. The largest absolute Gasteiger partial charge is 0.123 e. The summed E-state index contributed by atoms with van der Waals surface area (Å²) in [6, 6.07) is 10.6. The van der Waals surface area contributed by atoms with E-state index in [2.05, 4.69) is 52.9 Å². The summed E-state index contributed by atoms with van der Waals surface area (Å²) >= 11 is 6.39. The molecule has 0 saturated carbocycles. The first-order valence-corrected chi connectivity index (χ1v) is 7.14. The Morgan fingerprint density at radius 3 is 2.38 bits per heavy atom. The number of halogens is 1. The van der Waals surface area contributed by atoms with Crippen LogP contribution in [0.4, 0.5) is 0 Å². The smallest absolute Gasteiger partial charge is 0.0600 e. The van der Waals surface area contributed by atoms with Gasteiger partial charge < -0.3 is 0 Å². The van der Waals surface area contributed by atoms with E-state index in [0.29, 0.717) is 0 Å². The predicted octanol–water partition coefficient (Wildman–Crippen LogP) is 4.23. The minimum absolute atomic E-state index is 1.24. The first kappa shape index (κ1) is 9.93. The summed E-state index contributed by atoms with van der Waals surface area (Å²) in [5.41, 5.74) is 1.36. The van der Waals surface area contributed by atoms with E-state index in [1.54, 1.807) is 0 Å². The van der Waals surface area contributed by atoms with Gasteiger partial charge in [-0.05, 0) is 28.2 Å². The van der Waals surface area contributed by atoms with Crippen LogP contribution in [0.15, 0.2) is 33.2 Å². The molecule has 1 aliphatic heterocycles. The van der Waals surface area contributed by atoms with Crippen molar-refractivity contribution < 1.29 is 0 Å². The molecule has 1 heterocycles. The molecule has 1 aromatic rings. The summed E-state index contributed by atoms with van der Waals surface area (Å²) in [5, 5.41) is 0. The van der Waals surface area contributed by atoms with Gasteiger partial charge in [0, 0.05) is 16.4 Å². The van der Waals surface area contributed by atoms with Crippen molar-refractivity contribution in [2.75, 3.05) is 11.5 Å². The lowest BCUT2D eigenvalue weighted by molar-refractivity contribution is 1.55. The van der Waals surface area contributed by atoms with Crippen LogP contribution in [0.3, 0.4) is 0 Å². The molecule has 13 heavy (non-hydrogen) atoms. The number of hydrogen-bond donors (Lipinski definition) is 0. The molecule has 0 aromatic heterocycles. The van der Waals surface area contributed by atoms with E-state index in [0.717, 1.165) is 0 Å². The van der Waals surface area contributed by atoms with E-state index in [9.17, 15) is 0 Å². The highest BCUT2D eigenvalue weighted by molar-refractivity contribution is 14.1. The molecule has 2 rings (SSSR count). The highest BCUT2D eigenvalue weighted by atomic mass is 127. The van der Waals surface area contributed by atoms with Gasteiger partial charge in [0.05, 0.1) is 2.91 Å². The summed E-state index contributed by atoms with van der Waals surface area (Å²) < 4.78 is 1.44. The molecular formula is C10H9IS2. The Morgan fingerprint density at radius 2 is 1.69 bits per heavy atom. The van der Waals surface area contributed by atoms with E-state index < -0.39 is 0 Å². The second-order valence-electron chi connectivity index (χ2n) is 2.67. The molecule has 0 bridgehead atoms. The molecule has 0 nitrogen and oxygen atoms in total. The standard InChI is InChI=1S/C10H9IS2/c11-10-9(12-6-7-13-10)8-4-2-1-3-5-8/h1-5H,6-7H2. The van der Waals surface area contributed by atoms with Crippen LogP contribution >= 0.6 is 46.1 Å². The number of benzene rings is 1. The van der Waals surface area contributed by atoms with Gasteiger partial charge in [-0.3, -0.25) is 0 Å². The van der Waals surface area contributed by atoms with Crippen LogP contribution in [-0.4, -0.2) is 11.5 Å². The van der Waals surface area contributed by atoms with Gasteiger partial charge in [-0.25, -0.2) is 0 Å². The Kier molecular flexibility index (Phi) is 3.63. The molecule has 0 N–H and O–H groups in total. The number of thioether (sulfide) groups is 2. The van der Waals surface area contributed by atoms with E-state index in [-0.39, 0.29) is 0 Å². The second kappa shape index (κ2) is 4.75. The van der Waals surface area contributed by atoms with E-state index in [4.69, 9.17) is 0 Å². The third-order valence-electron chi connectivity index (χ3n) is 1.77. The third-order valence-corrected chi connectivity index (χ3v) is 6.00. The van der Waals surface area contributed by atoms with E-state index in [1.165, 1.54) is 24.9 Å². The number of rotatable bonds is 1. The monoisotopic (exact) mass is 320 g/mol. The minimum atomic E-state index is 1.24. The van der Waals surface area contributed by atoms with Crippen molar-refractivity contribution in [1.29, 1.82) is 0 Å². The van der Waals surface area contributed by atoms with Gasteiger partial charge in [0.1, 0.15) is 0 Å². The maximum Gasteiger partial charge on any atom is 0.0600 e. The van der Waals surface area contributed by atoms with Crippen molar-refractivity contribution in [3.63, 3.8) is 0 Å². The first-order chi connectivity index (χ1) is 6.38. The van der Waals surface area contributed by atoms with Crippen LogP contribution in [0.5, 0.6) is 0 Å². The second-order valence-corrected chi connectivity index (χ2v) is 6.69. The highest BCUT2D eigenvalue weighted by Crippen LogP contribution is 2.43. The molecule has 1 aromatic carbocycles. The van der Waals surface area contributed by atoms with E-state index >= 15 is 0 Å². The first-order valence-electron chi connectivity index (χ1n) is 4.09. The molecule has 0 atom stereocenters. The van der Waals surface area contributed by atoms with Crippen molar-refractivity contribution in [3.8, 4) is 0 Å². The van der Waals surface area contributed by atoms with Gasteiger partial charge in [0.25, 0.3) is 0 Å². The van der Waals surface area contributed by atoms with Crippen molar-refractivity contribution in [2.24, 2.45) is 0 Å². The zero-order valence-electron chi connectivity index (χ0n) is 7.00. The fourth-order valence-electron chi connectivity index (χ4n) is 1.18. The van der Waals surface area contributed by atoms with Gasteiger partial charge in [0.2, 0.25) is 0 Å². The average Bonchev–Trinajstić information content (AvgIpc) is 2.20. The predicted molar refractivity (Wildman–Crippen MR) is 72.3 cm³/mol. The van der Waals surface area contributed by atoms with E-state index in [1.807, 2.05) is 23.5 Å². The lowest BCUT2D eigenvalue weighted by Gasteiger charge is -2.15. The van der Waals surface area contributed by atoms with Crippen LogP contribution in [0.2, 0.25) is 0 Å².